The molecule has 1 amide bonds. The number of halogens is 4. The Hall–Kier alpha value is -2.21. The number of nitrogens with one attached hydrogen (secondary N) is 1. The molecular weight excluding hydrogens is 343 g/mol. The van der Waals surface area contributed by atoms with Gasteiger partial charge < -0.3 is 10.1 Å². The summed E-state index contributed by atoms with van der Waals surface area (Å²) < 4.78 is 43.1. The van der Waals surface area contributed by atoms with E-state index in [1.54, 1.807) is 6.07 Å². The molecule has 0 atom stereocenters. The number of aryl methyl sites for hydroxylation is 2. The van der Waals surface area contributed by atoms with Crippen LogP contribution in [-0.2, 0) is 11.0 Å². The van der Waals surface area contributed by atoms with E-state index in [2.05, 4.69) is 5.32 Å². The maximum atomic E-state index is 12.6. The number of rotatable bonds is 4. The first-order valence-electron chi connectivity index (χ1n) is 7.03. The summed E-state index contributed by atoms with van der Waals surface area (Å²) in [5.41, 5.74) is 1.17. The number of hydrogen-bond acceptors (Lipinski definition) is 2. The Balaban J connectivity index is 2.00. The van der Waals surface area contributed by atoms with Crippen molar-refractivity contribution in [1.82, 2.24) is 0 Å². The molecule has 0 fully saturated rings. The number of benzene rings is 2. The van der Waals surface area contributed by atoms with Gasteiger partial charge in [-0.25, -0.2) is 0 Å². The first-order valence-corrected chi connectivity index (χ1v) is 7.41. The van der Waals surface area contributed by atoms with Crippen LogP contribution in [0.1, 0.15) is 16.7 Å². The second-order valence-corrected chi connectivity index (χ2v) is 5.71. The summed E-state index contributed by atoms with van der Waals surface area (Å²) in [5, 5.41) is 2.24. The van der Waals surface area contributed by atoms with Crippen molar-refractivity contribution in [2.45, 2.75) is 20.0 Å². The van der Waals surface area contributed by atoms with E-state index in [1.165, 1.54) is 0 Å². The minimum atomic E-state index is -4.49. The van der Waals surface area contributed by atoms with Crippen LogP contribution >= 0.6 is 11.6 Å². The van der Waals surface area contributed by atoms with Gasteiger partial charge in [0.2, 0.25) is 0 Å². The molecule has 2 aromatic rings. The monoisotopic (exact) mass is 357 g/mol. The van der Waals surface area contributed by atoms with E-state index in [9.17, 15) is 18.0 Å². The third-order valence-electron chi connectivity index (χ3n) is 3.26. The van der Waals surface area contributed by atoms with Crippen molar-refractivity contribution in [3.63, 3.8) is 0 Å². The zero-order valence-electron chi connectivity index (χ0n) is 13.0. The molecule has 0 bridgehead atoms. The predicted molar refractivity (Wildman–Crippen MR) is 86.5 cm³/mol. The Morgan fingerprint density at radius 2 is 1.88 bits per heavy atom. The Kier molecular flexibility index (Phi) is 5.39. The Labute approximate surface area is 142 Å². The molecule has 0 heterocycles. The van der Waals surface area contributed by atoms with E-state index in [-0.39, 0.29) is 17.3 Å². The largest absolute Gasteiger partial charge is 0.483 e. The molecule has 24 heavy (non-hydrogen) atoms. The van der Waals surface area contributed by atoms with E-state index in [4.69, 9.17) is 16.3 Å². The minimum absolute atomic E-state index is 0.0962. The molecule has 0 radical (unpaired) electrons. The smallest absolute Gasteiger partial charge is 0.416 e. The SMILES string of the molecule is Cc1ccc(OCC(=O)Nc2ccc(C(F)(F)F)cc2Cl)c(C)c1. The van der Waals surface area contributed by atoms with Crippen LogP contribution in [0.2, 0.25) is 5.02 Å². The molecule has 3 nitrogen and oxygen atoms in total. The van der Waals surface area contributed by atoms with Gasteiger partial charge in [-0.1, -0.05) is 29.3 Å². The number of amides is 1. The fourth-order valence-corrected chi connectivity index (χ4v) is 2.31. The molecule has 2 rings (SSSR count). The van der Waals surface area contributed by atoms with Gasteiger partial charge in [-0.2, -0.15) is 13.2 Å². The number of ether oxygens (including phenoxy) is 1. The summed E-state index contributed by atoms with van der Waals surface area (Å²) in [5.74, 6) is 0.0471. The van der Waals surface area contributed by atoms with Crippen molar-refractivity contribution >= 4 is 23.2 Å². The molecule has 0 aliphatic heterocycles. The summed E-state index contributed by atoms with van der Waals surface area (Å²) in [6.07, 6.45) is -4.49. The van der Waals surface area contributed by atoms with Gasteiger partial charge in [0.25, 0.3) is 5.91 Å². The van der Waals surface area contributed by atoms with E-state index in [0.717, 1.165) is 29.3 Å². The molecule has 0 saturated heterocycles. The third kappa shape index (κ3) is 4.64. The standard InChI is InChI=1S/C17H15ClF3NO2/c1-10-3-6-15(11(2)7-10)24-9-16(23)22-14-5-4-12(8-13(14)18)17(19,20)21/h3-8H,9H2,1-2H3,(H,22,23). The third-order valence-corrected chi connectivity index (χ3v) is 3.57. The Morgan fingerprint density at radius 1 is 1.17 bits per heavy atom. The van der Waals surface area contributed by atoms with Gasteiger partial charge >= 0.3 is 6.18 Å². The summed E-state index contributed by atoms with van der Waals surface area (Å²) in [6.45, 7) is 3.52. The lowest BCUT2D eigenvalue weighted by atomic mass is 10.1. The van der Waals surface area contributed by atoms with Crippen molar-refractivity contribution in [3.05, 3.63) is 58.1 Å². The van der Waals surface area contributed by atoms with Gasteiger partial charge in [-0.15, -0.1) is 0 Å². The number of hydrogen-bond donors (Lipinski definition) is 1. The van der Waals surface area contributed by atoms with Gasteiger partial charge in [0, 0.05) is 0 Å². The van der Waals surface area contributed by atoms with E-state index >= 15 is 0 Å². The molecular formula is C17H15ClF3NO2. The molecule has 7 heteroatoms. The minimum Gasteiger partial charge on any atom is -0.483 e. The van der Waals surface area contributed by atoms with Crippen LogP contribution in [0.5, 0.6) is 5.75 Å². The average molecular weight is 358 g/mol. The zero-order valence-corrected chi connectivity index (χ0v) is 13.8. The van der Waals surface area contributed by atoms with E-state index in [0.29, 0.717) is 5.75 Å². The fourth-order valence-electron chi connectivity index (χ4n) is 2.08. The van der Waals surface area contributed by atoms with Crippen LogP contribution in [0.15, 0.2) is 36.4 Å². The topological polar surface area (TPSA) is 38.3 Å². The van der Waals surface area contributed by atoms with Crippen molar-refractivity contribution in [1.29, 1.82) is 0 Å². The maximum absolute atomic E-state index is 12.6. The van der Waals surface area contributed by atoms with Crippen molar-refractivity contribution in [2.24, 2.45) is 0 Å². The Morgan fingerprint density at radius 3 is 2.46 bits per heavy atom. The van der Waals surface area contributed by atoms with Crippen molar-refractivity contribution < 1.29 is 22.7 Å². The van der Waals surface area contributed by atoms with Crippen LogP contribution in [-0.4, -0.2) is 12.5 Å². The molecule has 0 spiro atoms. The van der Waals surface area contributed by atoms with Gasteiger partial charge in [-0.05, 0) is 43.7 Å². The van der Waals surface area contributed by atoms with Crippen LogP contribution in [0.25, 0.3) is 0 Å². The van der Waals surface area contributed by atoms with E-state index < -0.39 is 17.6 Å². The highest BCUT2D eigenvalue weighted by Crippen LogP contribution is 2.33. The molecule has 2 aromatic carbocycles. The van der Waals surface area contributed by atoms with Gasteiger partial charge in [0.15, 0.2) is 6.61 Å². The van der Waals surface area contributed by atoms with Crippen molar-refractivity contribution in [3.8, 4) is 5.75 Å². The number of carbonyl (C=O) groups excluding carboxylic acids is 1. The molecule has 0 aliphatic rings. The number of anilines is 1. The van der Waals surface area contributed by atoms with Gasteiger partial charge in [0.05, 0.1) is 16.3 Å². The molecule has 0 unspecified atom stereocenters. The van der Waals surface area contributed by atoms with Gasteiger partial charge in [-0.3, -0.25) is 4.79 Å². The van der Waals surface area contributed by atoms with Crippen LogP contribution in [0.4, 0.5) is 18.9 Å². The normalized spacial score (nSPS) is 11.2. The molecule has 128 valence electrons. The summed E-state index contributed by atoms with van der Waals surface area (Å²) in [4.78, 5) is 11.9. The predicted octanol–water partition coefficient (Wildman–Crippen LogP) is 4.99. The molecule has 0 aromatic heterocycles. The second-order valence-electron chi connectivity index (χ2n) is 5.30. The molecule has 0 aliphatic carbocycles. The molecule has 1 N–H and O–H groups in total. The van der Waals surface area contributed by atoms with Crippen LogP contribution < -0.4 is 10.1 Å². The first-order chi connectivity index (χ1) is 11.2. The number of alkyl halides is 3. The lowest BCUT2D eigenvalue weighted by Gasteiger charge is -2.12. The zero-order chi connectivity index (χ0) is 17.9. The highest BCUT2D eigenvalue weighted by molar-refractivity contribution is 6.33. The average Bonchev–Trinajstić information content (AvgIpc) is 2.47. The highest BCUT2D eigenvalue weighted by atomic mass is 35.5. The lowest BCUT2D eigenvalue weighted by molar-refractivity contribution is -0.137. The van der Waals surface area contributed by atoms with Crippen LogP contribution in [0.3, 0.4) is 0 Å². The highest BCUT2D eigenvalue weighted by Gasteiger charge is 2.31. The lowest BCUT2D eigenvalue weighted by Crippen LogP contribution is -2.20. The number of carbonyl (C=O) groups is 1. The summed E-state index contributed by atoms with van der Waals surface area (Å²) in [6, 6.07) is 8.25. The summed E-state index contributed by atoms with van der Waals surface area (Å²) >= 11 is 5.78. The van der Waals surface area contributed by atoms with Crippen molar-refractivity contribution in [2.75, 3.05) is 11.9 Å². The van der Waals surface area contributed by atoms with Gasteiger partial charge in [0.1, 0.15) is 5.75 Å². The Bertz CT molecular complexity index is 760. The fraction of sp³-hybridized carbons (Fsp3) is 0.235. The second kappa shape index (κ2) is 7.13. The first kappa shape index (κ1) is 18.1. The summed E-state index contributed by atoms with van der Waals surface area (Å²) in [7, 11) is 0. The van der Waals surface area contributed by atoms with E-state index in [1.807, 2.05) is 26.0 Å². The van der Waals surface area contributed by atoms with Crippen LogP contribution in [0, 0.1) is 13.8 Å². The maximum Gasteiger partial charge on any atom is 0.416 e. The quantitative estimate of drug-likeness (QED) is 0.836. The molecule has 0 saturated carbocycles.